The molecule has 1 aromatic heterocycles. The Hall–Kier alpha value is -2.93. The minimum absolute atomic E-state index is 0.106. The highest BCUT2D eigenvalue weighted by Gasteiger charge is 2.22. The van der Waals surface area contributed by atoms with Gasteiger partial charge in [-0.3, -0.25) is 14.7 Å². The van der Waals surface area contributed by atoms with Crippen molar-refractivity contribution in [1.82, 2.24) is 20.1 Å². The van der Waals surface area contributed by atoms with Gasteiger partial charge in [0.15, 0.2) is 0 Å². The van der Waals surface area contributed by atoms with E-state index in [0.29, 0.717) is 24.3 Å². The Labute approximate surface area is 178 Å². The molecular weight excluding hydrogens is 378 g/mol. The van der Waals surface area contributed by atoms with E-state index in [2.05, 4.69) is 20.5 Å². The molecule has 0 bridgehead atoms. The summed E-state index contributed by atoms with van der Waals surface area (Å²) in [5.74, 6) is -0.106. The van der Waals surface area contributed by atoms with E-state index in [0.717, 1.165) is 26.1 Å². The quantitative estimate of drug-likeness (QED) is 0.767. The zero-order valence-corrected chi connectivity index (χ0v) is 18.0. The summed E-state index contributed by atoms with van der Waals surface area (Å²) in [6.07, 6.45) is 4.46. The molecule has 0 spiro atoms. The summed E-state index contributed by atoms with van der Waals surface area (Å²) in [7, 11) is 0. The standard InChI is InChI=1S/C23H31N5O2/c1-4-23(2,3)26-21(29)19-5-7-20(8-6-19)25-22(30)28-15-13-27(14-16-28)17-18-9-11-24-12-10-18/h5-12H,4,13-17H2,1-3H3,(H,25,30)(H,26,29). The minimum atomic E-state index is -0.247. The van der Waals surface area contributed by atoms with Crippen LogP contribution in [0.1, 0.15) is 43.1 Å². The molecule has 1 aromatic carbocycles. The molecule has 0 radical (unpaired) electrons. The predicted molar refractivity (Wildman–Crippen MR) is 118 cm³/mol. The molecule has 160 valence electrons. The maximum Gasteiger partial charge on any atom is 0.321 e. The predicted octanol–water partition coefficient (Wildman–Crippen LogP) is 3.35. The van der Waals surface area contributed by atoms with Gasteiger partial charge in [-0.2, -0.15) is 0 Å². The van der Waals surface area contributed by atoms with Crippen LogP contribution < -0.4 is 10.6 Å². The van der Waals surface area contributed by atoms with Crippen molar-refractivity contribution in [3.05, 3.63) is 59.9 Å². The first-order valence-electron chi connectivity index (χ1n) is 10.5. The first kappa shape index (κ1) is 21.8. The van der Waals surface area contributed by atoms with E-state index in [4.69, 9.17) is 0 Å². The summed E-state index contributed by atoms with van der Waals surface area (Å²) >= 11 is 0. The van der Waals surface area contributed by atoms with Crippen LogP contribution in [0.5, 0.6) is 0 Å². The van der Waals surface area contributed by atoms with Crippen molar-refractivity contribution in [2.45, 2.75) is 39.3 Å². The average Bonchev–Trinajstić information content (AvgIpc) is 2.75. The average molecular weight is 410 g/mol. The van der Waals surface area contributed by atoms with E-state index in [1.165, 1.54) is 5.56 Å². The molecule has 2 N–H and O–H groups in total. The van der Waals surface area contributed by atoms with Crippen LogP contribution in [-0.2, 0) is 6.54 Å². The summed E-state index contributed by atoms with van der Waals surface area (Å²) in [6.45, 7) is 9.94. The van der Waals surface area contributed by atoms with Crippen molar-refractivity contribution >= 4 is 17.6 Å². The Bertz CT molecular complexity index is 844. The SMILES string of the molecule is CCC(C)(C)NC(=O)c1ccc(NC(=O)N2CCN(Cc3ccncc3)CC2)cc1. The molecule has 1 aliphatic rings. The van der Waals surface area contributed by atoms with Crippen LogP contribution >= 0.6 is 0 Å². The van der Waals surface area contributed by atoms with Gasteiger partial charge in [-0.15, -0.1) is 0 Å². The summed E-state index contributed by atoms with van der Waals surface area (Å²) in [6, 6.07) is 10.9. The number of amides is 3. The van der Waals surface area contributed by atoms with Gasteiger partial charge in [0.05, 0.1) is 0 Å². The number of hydrogen-bond donors (Lipinski definition) is 2. The Morgan fingerprint density at radius 2 is 1.63 bits per heavy atom. The fourth-order valence-electron chi connectivity index (χ4n) is 3.23. The molecule has 2 aromatic rings. The second-order valence-electron chi connectivity index (χ2n) is 8.32. The zero-order chi connectivity index (χ0) is 21.6. The van der Waals surface area contributed by atoms with Crippen LogP contribution in [0.15, 0.2) is 48.8 Å². The van der Waals surface area contributed by atoms with Crippen molar-refractivity contribution in [3.63, 3.8) is 0 Å². The van der Waals surface area contributed by atoms with Crippen LogP contribution in [0, 0.1) is 0 Å². The molecule has 7 heteroatoms. The van der Waals surface area contributed by atoms with E-state index in [-0.39, 0.29) is 17.5 Å². The third kappa shape index (κ3) is 6.03. The van der Waals surface area contributed by atoms with Gasteiger partial charge in [-0.25, -0.2) is 4.79 Å². The van der Waals surface area contributed by atoms with Gasteiger partial charge in [0.2, 0.25) is 0 Å². The number of hydrogen-bond acceptors (Lipinski definition) is 4. The highest BCUT2D eigenvalue weighted by Crippen LogP contribution is 2.14. The second kappa shape index (κ2) is 9.71. The van der Waals surface area contributed by atoms with Crippen LogP contribution in [-0.4, -0.2) is 58.4 Å². The van der Waals surface area contributed by atoms with E-state index in [1.807, 2.05) is 37.8 Å². The molecule has 1 fully saturated rings. The molecule has 3 amide bonds. The largest absolute Gasteiger partial charge is 0.347 e. The van der Waals surface area contributed by atoms with E-state index in [1.54, 1.807) is 36.7 Å². The van der Waals surface area contributed by atoms with E-state index < -0.39 is 0 Å². The molecule has 0 unspecified atom stereocenters. The smallest absolute Gasteiger partial charge is 0.321 e. The van der Waals surface area contributed by atoms with Crippen LogP contribution in [0.2, 0.25) is 0 Å². The lowest BCUT2D eigenvalue weighted by atomic mass is 10.0. The lowest BCUT2D eigenvalue weighted by molar-refractivity contribution is 0.0911. The Morgan fingerprint density at radius 3 is 2.23 bits per heavy atom. The van der Waals surface area contributed by atoms with E-state index in [9.17, 15) is 9.59 Å². The van der Waals surface area contributed by atoms with Gasteiger partial charge < -0.3 is 15.5 Å². The third-order valence-corrected chi connectivity index (χ3v) is 5.55. The first-order valence-corrected chi connectivity index (χ1v) is 10.5. The van der Waals surface area contributed by atoms with Crippen LogP contribution in [0.25, 0.3) is 0 Å². The third-order valence-electron chi connectivity index (χ3n) is 5.55. The van der Waals surface area contributed by atoms with E-state index >= 15 is 0 Å². The highest BCUT2D eigenvalue weighted by molar-refractivity contribution is 5.96. The number of benzene rings is 1. The summed E-state index contributed by atoms with van der Waals surface area (Å²) in [5.41, 5.74) is 2.25. The lowest BCUT2D eigenvalue weighted by Crippen LogP contribution is -2.49. The highest BCUT2D eigenvalue weighted by atomic mass is 16.2. The van der Waals surface area contributed by atoms with Gasteiger partial charge in [0.25, 0.3) is 5.91 Å². The number of nitrogens with one attached hydrogen (secondary N) is 2. The molecule has 0 atom stereocenters. The maximum absolute atomic E-state index is 12.6. The van der Waals surface area contributed by atoms with Crippen LogP contribution in [0.4, 0.5) is 10.5 Å². The normalized spacial score (nSPS) is 15.0. The summed E-state index contributed by atoms with van der Waals surface area (Å²) in [5, 5.41) is 5.94. The Balaban J connectivity index is 1.47. The summed E-state index contributed by atoms with van der Waals surface area (Å²) < 4.78 is 0. The first-order chi connectivity index (χ1) is 14.4. The number of anilines is 1. The van der Waals surface area contributed by atoms with Gasteiger partial charge in [-0.1, -0.05) is 6.92 Å². The number of urea groups is 1. The molecule has 1 saturated heterocycles. The zero-order valence-electron chi connectivity index (χ0n) is 18.0. The summed E-state index contributed by atoms with van der Waals surface area (Å²) in [4.78, 5) is 33.1. The number of nitrogens with zero attached hydrogens (tertiary/aromatic N) is 3. The molecule has 3 rings (SSSR count). The topological polar surface area (TPSA) is 77.6 Å². The van der Waals surface area contributed by atoms with Gasteiger partial charge in [0, 0.05) is 61.9 Å². The minimum Gasteiger partial charge on any atom is -0.347 e. The fourth-order valence-corrected chi connectivity index (χ4v) is 3.23. The molecular formula is C23H31N5O2. The molecule has 0 saturated carbocycles. The Morgan fingerprint density at radius 1 is 1.00 bits per heavy atom. The van der Waals surface area contributed by atoms with Gasteiger partial charge in [-0.05, 0) is 62.2 Å². The molecule has 0 aliphatic carbocycles. The molecule has 7 nitrogen and oxygen atoms in total. The number of piperazine rings is 1. The van der Waals surface area contributed by atoms with Crippen molar-refractivity contribution in [2.24, 2.45) is 0 Å². The monoisotopic (exact) mass is 409 g/mol. The second-order valence-corrected chi connectivity index (χ2v) is 8.32. The van der Waals surface area contributed by atoms with Crippen molar-refractivity contribution in [1.29, 1.82) is 0 Å². The van der Waals surface area contributed by atoms with Crippen LogP contribution in [0.3, 0.4) is 0 Å². The fraction of sp³-hybridized carbons (Fsp3) is 0.435. The number of carbonyl (C=O) groups is 2. The Kier molecular flexibility index (Phi) is 7.05. The lowest BCUT2D eigenvalue weighted by Gasteiger charge is -2.34. The molecule has 30 heavy (non-hydrogen) atoms. The van der Waals surface area contributed by atoms with Gasteiger partial charge in [0.1, 0.15) is 0 Å². The van der Waals surface area contributed by atoms with Crippen molar-refractivity contribution in [3.8, 4) is 0 Å². The number of rotatable bonds is 6. The van der Waals surface area contributed by atoms with Crippen molar-refractivity contribution < 1.29 is 9.59 Å². The van der Waals surface area contributed by atoms with Gasteiger partial charge >= 0.3 is 6.03 Å². The maximum atomic E-state index is 12.6. The molecule has 2 heterocycles. The number of aromatic nitrogens is 1. The molecule has 1 aliphatic heterocycles. The number of carbonyl (C=O) groups excluding carboxylic acids is 2. The van der Waals surface area contributed by atoms with Crippen molar-refractivity contribution in [2.75, 3.05) is 31.5 Å². The number of pyridine rings is 1.